The summed E-state index contributed by atoms with van der Waals surface area (Å²) in [6, 6.07) is 3.24. The molecule has 1 aromatic carbocycles. The highest BCUT2D eigenvalue weighted by Crippen LogP contribution is 2.28. The van der Waals surface area contributed by atoms with Gasteiger partial charge in [0.05, 0.1) is 7.11 Å². The predicted molar refractivity (Wildman–Crippen MR) is 81.7 cm³/mol. The number of benzene rings is 1. The molecule has 0 radical (unpaired) electrons. The molecule has 0 unspecified atom stereocenters. The van der Waals surface area contributed by atoms with E-state index < -0.39 is 0 Å². The maximum absolute atomic E-state index is 11.7. The zero-order chi connectivity index (χ0) is 16.5. The van der Waals surface area contributed by atoms with E-state index in [1.807, 2.05) is 13.8 Å². The number of rotatable bonds is 8. The summed E-state index contributed by atoms with van der Waals surface area (Å²) in [5.41, 5.74) is 1.65. The molecule has 0 atom stereocenters. The van der Waals surface area contributed by atoms with Gasteiger partial charge in [-0.1, -0.05) is 13.3 Å². The van der Waals surface area contributed by atoms with Crippen LogP contribution in [0.25, 0.3) is 0 Å². The number of ether oxygens (including phenoxy) is 2. The van der Waals surface area contributed by atoms with Crippen molar-refractivity contribution in [3.05, 3.63) is 23.3 Å². The molecule has 22 heavy (non-hydrogen) atoms. The van der Waals surface area contributed by atoms with Crippen molar-refractivity contribution in [1.29, 1.82) is 0 Å². The molecule has 0 spiro atoms. The largest absolute Gasteiger partial charge is 0.504 e. The van der Waals surface area contributed by atoms with Crippen LogP contribution in [0.4, 0.5) is 0 Å². The monoisotopic (exact) mass is 309 g/mol. The zero-order valence-electron chi connectivity index (χ0n) is 13.3. The molecule has 6 heteroatoms. The van der Waals surface area contributed by atoms with Crippen molar-refractivity contribution in [2.75, 3.05) is 13.7 Å². The van der Waals surface area contributed by atoms with Crippen LogP contribution in [0.1, 0.15) is 37.3 Å². The Balaban J connectivity index is 2.46. The Hall–Kier alpha value is -2.24. The topological polar surface area (TPSA) is 84.9 Å². The molecule has 0 aliphatic rings. The van der Waals surface area contributed by atoms with Crippen molar-refractivity contribution in [2.24, 2.45) is 0 Å². The van der Waals surface area contributed by atoms with Gasteiger partial charge in [0.15, 0.2) is 18.1 Å². The van der Waals surface area contributed by atoms with Gasteiger partial charge < -0.3 is 19.9 Å². The minimum atomic E-state index is -0.365. The number of methoxy groups -OCH3 is 1. The number of hydrogen-bond donors (Lipinski definition) is 2. The summed E-state index contributed by atoms with van der Waals surface area (Å²) in [4.78, 5) is 23.0. The number of hydrogen-bond acceptors (Lipinski definition) is 5. The molecule has 1 amide bonds. The summed E-state index contributed by atoms with van der Waals surface area (Å²) in [5.74, 6) is -0.323. The lowest BCUT2D eigenvalue weighted by molar-refractivity contribution is -0.148. The Bertz CT molecular complexity index is 528. The fourth-order valence-electron chi connectivity index (χ4n) is 1.85. The van der Waals surface area contributed by atoms with E-state index in [9.17, 15) is 14.7 Å². The molecule has 122 valence electrons. The highest BCUT2D eigenvalue weighted by atomic mass is 16.5. The molecule has 6 nitrogen and oxygen atoms in total. The van der Waals surface area contributed by atoms with Gasteiger partial charge in [-0.3, -0.25) is 9.59 Å². The average Bonchev–Trinajstić information content (AvgIpc) is 2.50. The number of phenolic OH excluding ortho intramolecular Hbond substituents is 1. The van der Waals surface area contributed by atoms with Gasteiger partial charge in [-0.2, -0.15) is 0 Å². The van der Waals surface area contributed by atoms with Crippen LogP contribution >= 0.6 is 0 Å². The molecular weight excluding hydrogens is 286 g/mol. The summed E-state index contributed by atoms with van der Waals surface area (Å²) < 4.78 is 9.90. The first-order valence-corrected chi connectivity index (χ1v) is 7.26. The van der Waals surface area contributed by atoms with E-state index in [4.69, 9.17) is 9.47 Å². The second-order valence-electron chi connectivity index (χ2n) is 4.99. The molecule has 0 saturated carbocycles. The molecule has 0 bridgehead atoms. The lowest BCUT2D eigenvalue weighted by Gasteiger charge is -2.11. The van der Waals surface area contributed by atoms with Gasteiger partial charge >= 0.3 is 5.97 Å². The quantitative estimate of drug-likeness (QED) is 0.718. The minimum absolute atomic E-state index is 0.0555. The van der Waals surface area contributed by atoms with Crippen LogP contribution in [-0.2, 0) is 20.9 Å². The van der Waals surface area contributed by atoms with Crippen molar-refractivity contribution >= 4 is 11.9 Å². The third-order valence-corrected chi connectivity index (χ3v) is 3.21. The predicted octanol–water partition coefficient (Wildman–Crippen LogP) is 2.06. The van der Waals surface area contributed by atoms with Gasteiger partial charge in [-0.15, -0.1) is 0 Å². The van der Waals surface area contributed by atoms with E-state index in [1.54, 1.807) is 12.1 Å². The van der Waals surface area contributed by atoms with E-state index in [1.165, 1.54) is 7.11 Å². The summed E-state index contributed by atoms with van der Waals surface area (Å²) in [5, 5.41) is 12.3. The first-order valence-electron chi connectivity index (χ1n) is 7.26. The number of carbonyl (C=O) groups is 2. The molecule has 0 aromatic heterocycles. The van der Waals surface area contributed by atoms with Crippen LogP contribution in [0, 0.1) is 6.92 Å². The molecule has 0 aliphatic carbocycles. The van der Waals surface area contributed by atoms with Crippen LogP contribution in [0.5, 0.6) is 11.5 Å². The maximum Gasteiger partial charge on any atom is 0.306 e. The van der Waals surface area contributed by atoms with Crippen LogP contribution in [0.15, 0.2) is 12.1 Å². The van der Waals surface area contributed by atoms with E-state index in [0.717, 1.165) is 24.0 Å². The number of aryl methyl sites for hydroxylation is 1. The number of phenols is 1. The molecular formula is C16H23NO5. The van der Waals surface area contributed by atoms with Crippen molar-refractivity contribution in [1.82, 2.24) is 5.32 Å². The summed E-state index contributed by atoms with van der Waals surface area (Å²) in [6.45, 7) is 3.80. The summed E-state index contributed by atoms with van der Waals surface area (Å²) >= 11 is 0. The van der Waals surface area contributed by atoms with Gasteiger partial charge in [-0.25, -0.2) is 0 Å². The third-order valence-electron chi connectivity index (χ3n) is 3.21. The van der Waals surface area contributed by atoms with Crippen LogP contribution in [0.2, 0.25) is 0 Å². The number of amides is 1. The Kier molecular flexibility index (Phi) is 7.22. The number of nitrogens with one attached hydrogen (secondary N) is 1. The Morgan fingerprint density at radius 2 is 2.05 bits per heavy atom. The lowest BCUT2D eigenvalue weighted by atomic mass is 10.1. The first kappa shape index (κ1) is 17.8. The SMILES string of the molecule is CCCCC(=O)OCC(=O)NCc1cc(OC)c(O)cc1C. The number of carbonyl (C=O) groups excluding carboxylic acids is 2. The fraction of sp³-hybridized carbons (Fsp3) is 0.500. The Morgan fingerprint density at radius 3 is 2.68 bits per heavy atom. The van der Waals surface area contributed by atoms with E-state index in [-0.39, 0.29) is 30.8 Å². The number of aromatic hydroxyl groups is 1. The van der Waals surface area contributed by atoms with Gasteiger partial charge in [-0.05, 0) is 36.6 Å². The van der Waals surface area contributed by atoms with Gasteiger partial charge in [0, 0.05) is 13.0 Å². The molecule has 0 saturated heterocycles. The second-order valence-corrected chi connectivity index (χ2v) is 4.99. The van der Waals surface area contributed by atoms with Crippen molar-refractivity contribution < 1.29 is 24.2 Å². The highest BCUT2D eigenvalue weighted by Gasteiger charge is 2.10. The maximum atomic E-state index is 11.7. The molecule has 0 aliphatic heterocycles. The highest BCUT2D eigenvalue weighted by molar-refractivity contribution is 5.80. The Labute approximate surface area is 130 Å². The molecule has 0 heterocycles. The van der Waals surface area contributed by atoms with Gasteiger partial charge in [0.2, 0.25) is 0 Å². The van der Waals surface area contributed by atoms with Gasteiger partial charge in [0.1, 0.15) is 0 Å². The van der Waals surface area contributed by atoms with Crippen LogP contribution in [0.3, 0.4) is 0 Å². The molecule has 1 aromatic rings. The van der Waals surface area contributed by atoms with E-state index in [0.29, 0.717) is 12.2 Å². The van der Waals surface area contributed by atoms with Crippen molar-refractivity contribution in [2.45, 2.75) is 39.7 Å². The van der Waals surface area contributed by atoms with Gasteiger partial charge in [0.25, 0.3) is 5.91 Å². The normalized spacial score (nSPS) is 10.1. The Morgan fingerprint density at radius 1 is 1.32 bits per heavy atom. The van der Waals surface area contributed by atoms with Crippen LogP contribution in [-0.4, -0.2) is 30.7 Å². The minimum Gasteiger partial charge on any atom is -0.504 e. The van der Waals surface area contributed by atoms with E-state index in [2.05, 4.69) is 5.32 Å². The summed E-state index contributed by atoms with van der Waals surface area (Å²) in [6.07, 6.45) is 1.99. The number of esters is 1. The summed E-state index contributed by atoms with van der Waals surface area (Å²) in [7, 11) is 1.46. The first-order chi connectivity index (χ1) is 10.5. The third kappa shape index (κ3) is 5.63. The van der Waals surface area contributed by atoms with E-state index >= 15 is 0 Å². The van der Waals surface area contributed by atoms with Crippen molar-refractivity contribution in [3.63, 3.8) is 0 Å². The second kappa shape index (κ2) is 8.92. The fourth-order valence-corrected chi connectivity index (χ4v) is 1.85. The lowest BCUT2D eigenvalue weighted by Crippen LogP contribution is -2.28. The average molecular weight is 309 g/mol. The van der Waals surface area contributed by atoms with Crippen molar-refractivity contribution in [3.8, 4) is 11.5 Å². The number of unbranched alkanes of at least 4 members (excludes halogenated alkanes) is 1. The zero-order valence-corrected chi connectivity index (χ0v) is 13.3. The standard InChI is InChI=1S/C16H23NO5/c1-4-5-6-16(20)22-10-15(19)17-9-12-8-14(21-3)13(18)7-11(12)2/h7-8,18H,4-6,9-10H2,1-3H3,(H,17,19). The smallest absolute Gasteiger partial charge is 0.306 e. The van der Waals surface area contributed by atoms with Crippen LogP contribution < -0.4 is 10.1 Å². The molecule has 1 rings (SSSR count). The molecule has 0 fully saturated rings. The molecule has 2 N–H and O–H groups in total.